The zero-order chi connectivity index (χ0) is 17.6. The zero-order valence-corrected chi connectivity index (χ0v) is 12.1. The number of nitrogens with one attached hydrogen (secondary N) is 1. The highest BCUT2D eigenvalue weighted by molar-refractivity contribution is 6.33. The van der Waals surface area contributed by atoms with Gasteiger partial charge in [0.05, 0.1) is 27.1 Å². The number of halogens is 3. The number of pyridine rings is 1. The summed E-state index contributed by atoms with van der Waals surface area (Å²) < 4.78 is 28.2. The summed E-state index contributed by atoms with van der Waals surface area (Å²) in [4.78, 5) is 31.6. The summed E-state index contributed by atoms with van der Waals surface area (Å²) in [5, 5.41) is 20.2. The molecule has 0 saturated carbocycles. The number of aromatic amines is 1. The van der Waals surface area contributed by atoms with Gasteiger partial charge in [-0.2, -0.15) is 4.39 Å². The van der Waals surface area contributed by atoms with Crippen molar-refractivity contribution < 1.29 is 18.8 Å². The Morgan fingerprint density at radius 1 is 1.25 bits per heavy atom. The van der Waals surface area contributed by atoms with Crippen molar-refractivity contribution in [2.75, 3.05) is 0 Å². The van der Waals surface area contributed by atoms with Crippen LogP contribution in [0.25, 0.3) is 22.3 Å². The first-order chi connectivity index (χ1) is 11.3. The molecule has 0 atom stereocenters. The molecule has 0 amide bonds. The van der Waals surface area contributed by atoms with E-state index >= 15 is 0 Å². The molecule has 2 heterocycles. The van der Waals surface area contributed by atoms with Crippen LogP contribution in [-0.2, 0) is 0 Å². The second kappa shape index (κ2) is 5.49. The Balaban J connectivity index is 2.49. The number of nitro groups is 1. The number of fused-ring (bicyclic) bond motifs is 1. The topological polar surface area (TPSA) is 122 Å². The van der Waals surface area contributed by atoms with Crippen molar-refractivity contribution in [2.45, 2.75) is 0 Å². The number of nitrogens with zero attached hydrogens (tertiary/aromatic N) is 3. The molecule has 0 radical (unpaired) electrons. The summed E-state index contributed by atoms with van der Waals surface area (Å²) in [7, 11) is 0. The molecule has 8 nitrogen and oxygen atoms in total. The van der Waals surface area contributed by atoms with E-state index in [0.717, 1.165) is 0 Å². The van der Waals surface area contributed by atoms with Gasteiger partial charge in [0.2, 0.25) is 5.82 Å². The average molecular weight is 355 g/mol. The fraction of sp³-hybridized carbons (Fsp3) is 0. The van der Waals surface area contributed by atoms with Crippen LogP contribution < -0.4 is 5.56 Å². The molecule has 0 aliphatic rings. The van der Waals surface area contributed by atoms with Crippen LogP contribution in [0.15, 0.2) is 23.3 Å². The quantitative estimate of drug-likeness (QED) is 0.414. The second-order valence-corrected chi connectivity index (χ2v) is 4.95. The highest BCUT2D eigenvalue weighted by Gasteiger charge is 2.29. The Kier molecular flexibility index (Phi) is 3.60. The molecule has 3 rings (SSSR count). The monoisotopic (exact) mass is 354 g/mol. The van der Waals surface area contributed by atoms with E-state index < -0.39 is 49.7 Å². The minimum absolute atomic E-state index is 0.105. The van der Waals surface area contributed by atoms with Crippen LogP contribution in [0.5, 0.6) is 5.75 Å². The molecular formula is C13H5ClF2N4O4. The Labute approximate surface area is 135 Å². The zero-order valence-electron chi connectivity index (χ0n) is 11.4. The molecule has 122 valence electrons. The lowest BCUT2D eigenvalue weighted by Gasteiger charge is -2.10. The Morgan fingerprint density at radius 2 is 1.92 bits per heavy atom. The van der Waals surface area contributed by atoms with E-state index in [9.17, 15) is 28.8 Å². The van der Waals surface area contributed by atoms with Crippen LogP contribution >= 0.6 is 11.6 Å². The summed E-state index contributed by atoms with van der Waals surface area (Å²) in [6.07, 6.45) is 2.42. The molecule has 0 aliphatic heterocycles. The molecule has 0 spiro atoms. The molecule has 0 saturated heterocycles. The van der Waals surface area contributed by atoms with Gasteiger partial charge in [-0.1, -0.05) is 11.6 Å². The van der Waals surface area contributed by atoms with Gasteiger partial charge in [0.1, 0.15) is 11.3 Å². The predicted molar refractivity (Wildman–Crippen MR) is 78.8 cm³/mol. The van der Waals surface area contributed by atoms with Crippen LogP contribution in [0.4, 0.5) is 14.5 Å². The molecule has 0 aliphatic carbocycles. The van der Waals surface area contributed by atoms with E-state index in [0.29, 0.717) is 0 Å². The lowest BCUT2D eigenvalue weighted by atomic mass is 10.0. The molecule has 2 N–H and O–H groups in total. The fourth-order valence-corrected chi connectivity index (χ4v) is 2.41. The van der Waals surface area contributed by atoms with Crippen LogP contribution in [0.2, 0.25) is 5.02 Å². The maximum absolute atomic E-state index is 14.4. The first-order valence-electron chi connectivity index (χ1n) is 6.21. The third-order valence-corrected chi connectivity index (χ3v) is 3.57. The van der Waals surface area contributed by atoms with Gasteiger partial charge in [-0.05, 0) is 0 Å². The standard InChI is InChI=1S/C13H5ClF2N4O4/c14-8-4(15)3-5(20(23)24)9(16)6(8)7-11(21)10-12(19-13(7)22)18-2-1-17-10/h1-3H,(H2,18,19,21,22). The first-order valence-corrected chi connectivity index (χ1v) is 6.59. The third kappa shape index (κ3) is 2.24. The molecule has 1 aromatic carbocycles. The Bertz CT molecular complexity index is 1070. The number of aromatic nitrogens is 3. The van der Waals surface area contributed by atoms with Crippen molar-refractivity contribution >= 4 is 28.5 Å². The van der Waals surface area contributed by atoms with Crippen LogP contribution in [0.3, 0.4) is 0 Å². The summed E-state index contributed by atoms with van der Waals surface area (Å²) in [5.74, 6) is -3.71. The van der Waals surface area contributed by atoms with Crippen LogP contribution in [0.1, 0.15) is 0 Å². The third-order valence-electron chi connectivity index (χ3n) is 3.20. The van der Waals surface area contributed by atoms with E-state index in [1.54, 1.807) is 0 Å². The lowest BCUT2D eigenvalue weighted by Crippen LogP contribution is -2.12. The van der Waals surface area contributed by atoms with Gasteiger partial charge in [-0.3, -0.25) is 14.9 Å². The molecule has 0 unspecified atom stereocenters. The van der Waals surface area contributed by atoms with Crippen molar-refractivity contribution in [3.8, 4) is 16.9 Å². The second-order valence-electron chi connectivity index (χ2n) is 4.57. The van der Waals surface area contributed by atoms with E-state index in [-0.39, 0.29) is 17.2 Å². The largest absolute Gasteiger partial charge is 0.505 e. The highest BCUT2D eigenvalue weighted by Crippen LogP contribution is 2.40. The number of hydrogen-bond acceptors (Lipinski definition) is 6. The average Bonchev–Trinajstić information content (AvgIpc) is 2.53. The normalized spacial score (nSPS) is 11.0. The minimum Gasteiger partial charge on any atom is -0.505 e. The first kappa shape index (κ1) is 15.7. The van der Waals surface area contributed by atoms with Gasteiger partial charge in [0.25, 0.3) is 5.56 Å². The molecule has 0 bridgehead atoms. The number of rotatable bonds is 2. The fourth-order valence-electron chi connectivity index (χ4n) is 2.17. The predicted octanol–water partition coefficient (Wildman–Crippen LogP) is 2.53. The van der Waals surface area contributed by atoms with Crippen molar-refractivity contribution in [1.82, 2.24) is 15.0 Å². The van der Waals surface area contributed by atoms with E-state index in [4.69, 9.17) is 11.6 Å². The smallest absolute Gasteiger partial charge is 0.308 e. The number of benzene rings is 1. The van der Waals surface area contributed by atoms with E-state index in [1.807, 2.05) is 0 Å². The van der Waals surface area contributed by atoms with Crippen molar-refractivity contribution in [3.05, 3.63) is 55.6 Å². The molecule has 3 aromatic rings. The molecule has 11 heteroatoms. The summed E-state index contributed by atoms with van der Waals surface area (Å²) >= 11 is 5.67. The van der Waals surface area contributed by atoms with Gasteiger partial charge in [-0.25, -0.2) is 14.4 Å². The van der Waals surface area contributed by atoms with Gasteiger partial charge < -0.3 is 10.1 Å². The van der Waals surface area contributed by atoms with E-state index in [1.165, 1.54) is 12.4 Å². The Hall–Kier alpha value is -3.14. The lowest BCUT2D eigenvalue weighted by molar-refractivity contribution is -0.387. The van der Waals surface area contributed by atoms with Gasteiger partial charge in [0.15, 0.2) is 11.4 Å². The maximum atomic E-state index is 14.4. The SMILES string of the molecule is O=c1[nH]c2nccnc2c(O)c1-c1c(F)c([N+](=O)[O-])cc(F)c1Cl. The molecule has 24 heavy (non-hydrogen) atoms. The number of aromatic hydroxyl groups is 1. The van der Waals surface area contributed by atoms with Gasteiger partial charge in [0, 0.05) is 12.4 Å². The van der Waals surface area contributed by atoms with Gasteiger partial charge in [-0.15, -0.1) is 0 Å². The van der Waals surface area contributed by atoms with Crippen molar-refractivity contribution in [2.24, 2.45) is 0 Å². The Morgan fingerprint density at radius 3 is 2.58 bits per heavy atom. The minimum atomic E-state index is -1.56. The summed E-state index contributed by atoms with van der Waals surface area (Å²) in [6.45, 7) is 0. The molecule has 0 fully saturated rings. The van der Waals surface area contributed by atoms with E-state index in [2.05, 4.69) is 15.0 Å². The number of nitro benzene ring substituents is 1. The van der Waals surface area contributed by atoms with Gasteiger partial charge >= 0.3 is 5.69 Å². The van der Waals surface area contributed by atoms with Crippen molar-refractivity contribution in [3.63, 3.8) is 0 Å². The van der Waals surface area contributed by atoms with Crippen LogP contribution in [-0.4, -0.2) is 25.0 Å². The maximum Gasteiger partial charge on any atom is 0.308 e. The molecule has 2 aromatic heterocycles. The summed E-state index contributed by atoms with van der Waals surface area (Å²) in [5.41, 5.74) is -4.34. The summed E-state index contributed by atoms with van der Waals surface area (Å²) in [6, 6.07) is 0.285. The molecular weight excluding hydrogens is 350 g/mol. The van der Waals surface area contributed by atoms with Crippen LogP contribution in [0, 0.1) is 21.7 Å². The highest BCUT2D eigenvalue weighted by atomic mass is 35.5. The number of hydrogen-bond donors (Lipinski definition) is 2. The van der Waals surface area contributed by atoms with Crippen molar-refractivity contribution in [1.29, 1.82) is 0 Å². The number of H-pyrrole nitrogens is 1.